The Hall–Kier alpha value is -2.13. The summed E-state index contributed by atoms with van der Waals surface area (Å²) in [5.41, 5.74) is 0.780. The molecule has 0 unspecified atom stereocenters. The monoisotopic (exact) mass is 266 g/mol. The average molecular weight is 266 g/mol. The smallest absolute Gasteiger partial charge is 0.200 e. The molecule has 0 N–H and O–H groups in total. The molecule has 0 radical (unpaired) electrons. The fraction of sp³-hybridized carbons (Fsp3) is 0. The third-order valence-corrected chi connectivity index (χ3v) is 5.03. The molecule has 0 bridgehead atoms. The molecule has 0 aromatic heterocycles. The van der Waals surface area contributed by atoms with Gasteiger partial charge in [0.25, 0.3) is 0 Å². The van der Waals surface area contributed by atoms with E-state index < -0.39 is 9.84 Å². The van der Waals surface area contributed by atoms with Crippen molar-refractivity contribution in [2.24, 2.45) is 0 Å². The van der Waals surface area contributed by atoms with Crippen LogP contribution >= 0.6 is 0 Å². The Bertz CT molecular complexity index is 967. The normalized spacial score (nSPS) is 16.0. The van der Waals surface area contributed by atoms with Gasteiger partial charge >= 0.3 is 0 Å². The molecule has 0 saturated carbocycles. The summed E-state index contributed by atoms with van der Waals surface area (Å²) in [5, 5.41) is 5.60. The molecule has 1 aliphatic rings. The van der Waals surface area contributed by atoms with Gasteiger partial charge in [-0.05, 0) is 57.4 Å². The predicted molar refractivity (Wildman–Crippen MR) is 77.7 cm³/mol. The summed E-state index contributed by atoms with van der Waals surface area (Å²) >= 11 is 0. The van der Waals surface area contributed by atoms with Crippen LogP contribution in [0.15, 0.2) is 58.8 Å². The van der Waals surface area contributed by atoms with E-state index in [1.807, 2.05) is 30.3 Å². The Labute approximate surface area is 110 Å². The van der Waals surface area contributed by atoms with E-state index in [1.165, 1.54) is 10.8 Å². The quantitative estimate of drug-likeness (QED) is 0.581. The topological polar surface area (TPSA) is 34.1 Å². The third-order valence-electron chi connectivity index (χ3n) is 3.57. The van der Waals surface area contributed by atoms with Crippen LogP contribution in [0.3, 0.4) is 0 Å². The van der Waals surface area contributed by atoms with Crippen LogP contribution in [0, 0.1) is 0 Å². The van der Waals surface area contributed by atoms with Gasteiger partial charge in [0.05, 0.1) is 4.90 Å². The fourth-order valence-corrected chi connectivity index (χ4v) is 3.82. The minimum absolute atomic E-state index is 0.412. The number of sulfone groups is 1. The van der Waals surface area contributed by atoms with E-state index in [9.17, 15) is 8.42 Å². The summed E-state index contributed by atoms with van der Waals surface area (Å²) in [4.78, 5) is 0.412. The van der Waals surface area contributed by atoms with E-state index in [-0.39, 0.29) is 0 Å². The lowest BCUT2D eigenvalue weighted by atomic mass is 10.0. The summed E-state index contributed by atoms with van der Waals surface area (Å²) in [7, 11) is -3.23. The minimum atomic E-state index is -3.23. The van der Waals surface area contributed by atoms with Crippen molar-refractivity contribution in [1.29, 1.82) is 0 Å². The van der Waals surface area contributed by atoms with Crippen LogP contribution in [0.4, 0.5) is 0 Å². The van der Waals surface area contributed by atoms with Gasteiger partial charge in [0.15, 0.2) is 9.84 Å². The van der Waals surface area contributed by atoms with E-state index in [0.717, 1.165) is 21.7 Å². The van der Waals surface area contributed by atoms with Crippen molar-refractivity contribution in [1.82, 2.24) is 0 Å². The number of benzene rings is 3. The van der Waals surface area contributed by atoms with E-state index in [4.69, 9.17) is 0 Å². The second-order valence-corrected chi connectivity index (χ2v) is 6.59. The van der Waals surface area contributed by atoms with Gasteiger partial charge in [0, 0.05) is 5.41 Å². The Morgan fingerprint density at radius 1 is 0.737 bits per heavy atom. The van der Waals surface area contributed by atoms with Crippen LogP contribution in [-0.2, 0) is 9.84 Å². The van der Waals surface area contributed by atoms with Crippen molar-refractivity contribution in [2.75, 3.05) is 0 Å². The fourth-order valence-electron chi connectivity index (χ4n) is 2.60. The molecule has 0 amide bonds. The molecular weight excluding hydrogens is 256 g/mol. The molecule has 0 atom stereocenters. The largest absolute Gasteiger partial charge is 0.219 e. The van der Waals surface area contributed by atoms with Gasteiger partial charge in [-0.2, -0.15) is 0 Å². The average Bonchev–Trinajstić information content (AvgIpc) is 2.69. The first-order chi connectivity index (χ1) is 9.13. The molecule has 2 nitrogen and oxygen atoms in total. The van der Waals surface area contributed by atoms with Crippen LogP contribution in [0.2, 0.25) is 0 Å². The molecule has 0 fully saturated rings. The number of hydrogen-bond donors (Lipinski definition) is 0. The van der Waals surface area contributed by atoms with E-state index in [2.05, 4.69) is 12.1 Å². The third kappa shape index (κ3) is 1.52. The van der Waals surface area contributed by atoms with Gasteiger partial charge in [0.2, 0.25) is 0 Å². The summed E-state index contributed by atoms with van der Waals surface area (Å²) < 4.78 is 23.7. The predicted octanol–water partition coefficient (Wildman–Crippen LogP) is 3.75. The molecule has 0 saturated heterocycles. The van der Waals surface area contributed by atoms with Crippen LogP contribution in [0.25, 0.3) is 27.6 Å². The molecule has 3 aromatic carbocycles. The lowest BCUT2D eigenvalue weighted by Crippen LogP contribution is -1.93. The summed E-state index contributed by atoms with van der Waals surface area (Å²) in [6, 6.07) is 15.9. The van der Waals surface area contributed by atoms with Gasteiger partial charge < -0.3 is 0 Å². The van der Waals surface area contributed by atoms with Gasteiger partial charge in [-0.15, -0.1) is 0 Å². The number of rotatable bonds is 0. The van der Waals surface area contributed by atoms with Crippen molar-refractivity contribution in [2.45, 2.75) is 4.90 Å². The standard InChI is InChI=1S/C16H10O2S/c17-19(18)6-5-13-9-14-7-11-3-1-2-4-12(11)8-15(14)10-16(13)19/h1-10H. The molecular formula is C16H10O2S. The zero-order valence-electron chi connectivity index (χ0n) is 10.00. The summed E-state index contributed by atoms with van der Waals surface area (Å²) in [6.07, 6.45) is 1.67. The highest BCUT2D eigenvalue weighted by Gasteiger charge is 2.20. The molecule has 19 heavy (non-hydrogen) atoms. The first-order valence-electron chi connectivity index (χ1n) is 6.03. The highest BCUT2D eigenvalue weighted by molar-refractivity contribution is 7.94. The maximum atomic E-state index is 11.9. The van der Waals surface area contributed by atoms with Crippen molar-refractivity contribution in [3.63, 3.8) is 0 Å². The Morgan fingerprint density at radius 2 is 1.37 bits per heavy atom. The van der Waals surface area contributed by atoms with Crippen molar-refractivity contribution >= 4 is 37.5 Å². The first-order valence-corrected chi connectivity index (χ1v) is 7.58. The van der Waals surface area contributed by atoms with Crippen LogP contribution in [0.5, 0.6) is 0 Å². The van der Waals surface area contributed by atoms with Crippen LogP contribution in [0.1, 0.15) is 5.56 Å². The molecule has 92 valence electrons. The first kappa shape index (κ1) is 10.8. The van der Waals surface area contributed by atoms with Crippen LogP contribution in [-0.4, -0.2) is 8.42 Å². The Morgan fingerprint density at radius 3 is 2.05 bits per heavy atom. The molecule has 3 heteroatoms. The van der Waals surface area contributed by atoms with Gasteiger partial charge in [-0.3, -0.25) is 0 Å². The molecule has 0 aliphatic carbocycles. The van der Waals surface area contributed by atoms with E-state index in [0.29, 0.717) is 4.90 Å². The molecule has 4 rings (SSSR count). The SMILES string of the molecule is O=S1(=O)C=Cc2cc3cc4ccccc4cc3cc21. The second-order valence-electron chi connectivity index (χ2n) is 4.78. The molecule has 1 heterocycles. The zero-order chi connectivity index (χ0) is 13.0. The number of hydrogen-bond acceptors (Lipinski definition) is 2. The Kier molecular flexibility index (Phi) is 1.96. The lowest BCUT2D eigenvalue weighted by molar-refractivity contribution is 0.605. The molecule has 1 aliphatic heterocycles. The van der Waals surface area contributed by atoms with E-state index >= 15 is 0 Å². The van der Waals surface area contributed by atoms with Crippen molar-refractivity contribution in [3.8, 4) is 0 Å². The Balaban J connectivity index is 2.16. The highest BCUT2D eigenvalue weighted by atomic mass is 32.2. The maximum Gasteiger partial charge on any atom is 0.200 e. The molecule has 3 aromatic rings. The summed E-state index contributed by atoms with van der Waals surface area (Å²) in [6.45, 7) is 0. The summed E-state index contributed by atoms with van der Waals surface area (Å²) in [5.74, 6) is 0. The van der Waals surface area contributed by atoms with E-state index in [1.54, 1.807) is 12.1 Å². The zero-order valence-corrected chi connectivity index (χ0v) is 10.8. The van der Waals surface area contributed by atoms with Crippen molar-refractivity contribution < 1.29 is 8.42 Å². The van der Waals surface area contributed by atoms with Gasteiger partial charge in [-0.25, -0.2) is 8.42 Å². The second kappa shape index (κ2) is 3.45. The van der Waals surface area contributed by atoms with Crippen molar-refractivity contribution in [3.05, 3.63) is 59.5 Å². The lowest BCUT2D eigenvalue weighted by Gasteiger charge is -2.05. The maximum absolute atomic E-state index is 11.9. The minimum Gasteiger partial charge on any atom is -0.219 e. The number of fused-ring (bicyclic) bond motifs is 3. The molecule has 0 spiro atoms. The highest BCUT2D eigenvalue weighted by Crippen LogP contribution is 2.32. The van der Waals surface area contributed by atoms with Gasteiger partial charge in [-0.1, -0.05) is 24.3 Å². The van der Waals surface area contributed by atoms with Gasteiger partial charge in [0.1, 0.15) is 0 Å². The van der Waals surface area contributed by atoms with Crippen LogP contribution < -0.4 is 0 Å².